The summed E-state index contributed by atoms with van der Waals surface area (Å²) in [6.45, 7) is 0.785. The first-order chi connectivity index (χ1) is 3.00. The van der Waals surface area contributed by atoms with Crippen LogP contribution in [0.15, 0.2) is 0 Å². The molecule has 0 bridgehead atoms. The Kier molecular flexibility index (Phi) is 4.73. The summed E-state index contributed by atoms with van der Waals surface area (Å²) in [5, 5.41) is 0. The lowest BCUT2D eigenvalue weighted by Gasteiger charge is -2.07. The van der Waals surface area contributed by atoms with E-state index in [0.29, 0.717) is 8.81 Å². The monoisotopic (exact) mass is 122 g/mol. The van der Waals surface area contributed by atoms with Crippen LogP contribution in [0.2, 0.25) is 0 Å². The molecule has 0 N–H and O–H groups in total. The van der Waals surface area contributed by atoms with Crippen LogP contribution >= 0.6 is 8.81 Å². The maximum Gasteiger partial charge on any atom is 0.0829 e. The molecule has 3 heteroatoms. The highest BCUT2D eigenvalue weighted by Gasteiger charge is 1.96. The Hall–Kier alpha value is 0.350. The molecule has 1 aliphatic rings. The lowest BCUT2D eigenvalue weighted by molar-refractivity contribution is -0.202. The molecule has 0 saturated carbocycles. The van der Waals surface area contributed by atoms with Crippen molar-refractivity contribution in [1.29, 1.82) is 0 Å². The molecule has 2 nitrogen and oxygen atoms in total. The van der Waals surface area contributed by atoms with Gasteiger partial charge in [-0.05, 0) is 12.6 Å². The van der Waals surface area contributed by atoms with Gasteiger partial charge in [-0.3, -0.25) is 0 Å². The summed E-state index contributed by atoms with van der Waals surface area (Å²) in [6, 6.07) is 0. The van der Waals surface area contributed by atoms with Gasteiger partial charge in [0.15, 0.2) is 0 Å². The van der Waals surface area contributed by atoms with Gasteiger partial charge in [0, 0.05) is 0 Å². The molecule has 1 saturated heterocycles. The van der Waals surface area contributed by atoms with E-state index in [4.69, 9.17) is 0 Å². The molecule has 0 amide bonds. The first kappa shape index (κ1) is 7.35. The van der Waals surface area contributed by atoms with Gasteiger partial charge < -0.3 is 0 Å². The molecule has 44 valence electrons. The Labute approximate surface area is 46.0 Å². The minimum absolute atomic E-state index is 0. The molecule has 0 aromatic carbocycles. The van der Waals surface area contributed by atoms with Crippen molar-refractivity contribution in [3.63, 3.8) is 0 Å². The molecule has 0 aromatic rings. The maximum atomic E-state index is 4.60. The predicted molar refractivity (Wildman–Crippen MR) is 31.6 cm³/mol. The predicted octanol–water partition coefficient (Wildman–Crippen LogP) is 1.57. The number of hydrogen-bond acceptors (Lipinski definition) is 2. The van der Waals surface area contributed by atoms with E-state index in [1.165, 1.54) is 12.6 Å². The quantitative estimate of drug-likeness (QED) is 0.358. The van der Waals surface area contributed by atoms with Crippen molar-refractivity contribution in [2.75, 3.05) is 12.8 Å². The van der Waals surface area contributed by atoms with E-state index in [1.807, 2.05) is 0 Å². The Morgan fingerprint density at radius 1 is 1.43 bits per heavy atom. The van der Waals surface area contributed by atoms with Gasteiger partial charge in [0.1, 0.15) is 0 Å². The van der Waals surface area contributed by atoms with Crippen LogP contribution in [0.25, 0.3) is 0 Å². The van der Waals surface area contributed by atoms with Crippen molar-refractivity contribution < 1.29 is 9.56 Å². The van der Waals surface area contributed by atoms with Gasteiger partial charge in [-0.25, -0.2) is 9.56 Å². The van der Waals surface area contributed by atoms with Crippen LogP contribution in [0.4, 0.5) is 0 Å². The molecular weight excluding hydrogens is 111 g/mol. The number of rotatable bonds is 0. The molecule has 0 aliphatic carbocycles. The van der Waals surface area contributed by atoms with E-state index in [1.54, 1.807) is 0 Å². The second-order valence-electron chi connectivity index (χ2n) is 1.15. The van der Waals surface area contributed by atoms with Gasteiger partial charge in [-0.15, -0.1) is 0 Å². The van der Waals surface area contributed by atoms with Crippen molar-refractivity contribution >= 4 is 8.81 Å². The first-order valence-electron chi connectivity index (χ1n) is 2.01. The Morgan fingerprint density at radius 3 is 2.43 bits per heavy atom. The molecule has 1 atom stereocenters. The van der Waals surface area contributed by atoms with Gasteiger partial charge in [-0.2, -0.15) is 0 Å². The third-order valence-corrected chi connectivity index (χ3v) is 1.42. The summed E-state index contributed by atoms with van der Waals surface area (Å²) in [5.41, 5.74) is 0. The summed E-state index contributed by atoms with van der Waals surface area (Å²) in [4.78, 5) is 4.58. The van der Waals surface area contributed by atoms with E-state index in [9.17, 15) is 0 Å². The second kappa shape index (κ2) is 4.51. The molecule has 1 heterocycles. The smallest absolute Gasteiger partial charge is 0.0829 e. The van der Waals surface area contributed by atoms with Crippen LogP contribution in [0, 0.1) is 0 Å². The standard InChI is InChI=1S/C3H7O2P.CH4/c1-2-4-5-6-3-1;/h6H,1-3H2;1H4. The highest BCUT2D eigenvalue weighted by Crippen LogP contribution is 2.17. The van der Waals surface area contributed by atoms with Crippen LogP contribution in [-0.4, -0.2) is 12.8 Å². The third-order valence-electron chi connectivity index (χ3n) is 0.624. The van der Waals surface area contributed by atoms with Crippen LogP contribution in [-0.2, 0) is 9.56 Å². The third kappa shape index (κ3) is 2.98. The zero-order chi connectivity index (χ0) is 4.24. The summed E-state index contributed by atoms with van der Waals surface area (Å²) in [6.07, 6.45) is 2.35. The normalized spacial score (nSPS) is 24.0. The van der Waals surface area contributed by atoms with Crippen LogP contribution < -0.4 is 0 Å². The fourth-order valence-electron chi connectivity index (χ4n) is 0.328. The molecule has 0 radical (unpaired) electrons. The molecule has 1 unspecified atom stereocenters. The van der Waals surface area contributed by atoms with Crippen LogP contribution in [0.3, 0.4) is 0 Å². The average Bonchev–Trinajstić information content (AvgIpc) is 1.72. The lowest BCUT2D eigenvalue weighted by Crippen LogP contribution is -1.98. The van der Waals surface area contributed by atoms with Gasteiger partial charge >= 0.3 is 0 Å². The molecule has 0 aromatic heterocycles. The molecule has 7 heavy (non-hydrogen) atoms. The summed E-state index contributed by atoms with van der Waals surface area (Å²) in [7, 11) is 0.579. The zero-order valence-corrected chi connectivity index (χ0v) is 4.44. The fourth-order valence-corrected chi connectivity index (χ4v) is 0.867. The van der Waals surface area contributed by atoms with Gasteiger partial charge in [0.25, 0.3) is 0 Å². The maximum absolute atomic E-state index is 4.60. The van der Waals surface area contributed by atoms with Crippen LogP contribution in [0.5, 0.6) is 0 Å². The summed E-state index contributed by atoms with van der Waals surface area (Å²) < 4.78 is 4.60. The minimum atomic E-state index is 0. The Morgan fingerprint density at radius 2 is 2.29 bits per heavy atom. The molecule has 1 aliphatic heterocycles. The second-order valence-corrected chi connectivity index (χ2v) is 2.11. The number of hydrogen-bond donors (Lipinski definition) is 0. The van der Waals surface area contributed by atoms with E-state index in [0.717, 1.165) is 6.61 Å². The van der Waals surface area contributed by atoms with Gasteiger partial charge in [0.2, 0.25) is 0 Å². The first-order valence-corrected chi connectivity index (χ1v) is 3.13. The van der Waals surface area contributed by atoms with Crippen molar-refractivity contribution in [3.05, 3.63) is 0 Å². The van der Waals surface area contributed by atoms with E-state index >= 15 is 0 Å². The van der Waals surface area contributed by atoms with Gasteiger partial charge in [-0.1, -0.05) is 7.43 Å². The minimum Gasteiger partial charge on any atom is -0.234 e. The van der Waals surface area contributed by atoms with Crippen LogP contribution in [0.1, 0.15) is 13.8 Å². The average molecular weight is 122 g/mol. The zero-order valence-electron chi connectivity index (χ0n) is 3.44. The van der Waals surface area contributed by atoms with E-state index in [2.05, 4.69) is 9.56 Å². The fraction of sp³-hybridized carbons (Fsp3) is 1.00. The largest absolute Gasteiger partial charge is 0.234 e. The highest BCUT2D eigenvalue weighted by molar-refractivity contribution is 7.32. The van der Waals surface area contributed by atoms with Gasteiger partial charge in [0.05, 0.1) is 15.4 Å². The molecule has 1 rings (SSSR count). The lowest BCUT2D eigenvalue weighted by atomic mass is 10.5. The molecule has 0 spiro atoms. The highest BCUT2D eigenvalue weighted by atomic mass is 31.1. The SMILES string of the molecule is C.C1COOPC1. The molecular formula is C4H11O2P. The summed E-state index contributed by atoms with van der Waals surface area (Å²) in [5.74, 6) is 0. The Balaban J connectivity index is 0.000000360. The van der Waals surface area contributed by atoms with Crippen molar-refractivity contribution in [2.24, 2.45) is 0 Å². The van der Waals surface area contributed by atoms with Crippen molar-refractivity contribution in [1.82, 2.24) is 0 Å². The van der Waals surface area contributed by atoms with Crippen molar-refractivity contribution in [3.8, 4) is 0 Å². The molecule has 1 fully saturated rings. The topological polar surface area (TPSA) is 18.5 Å². The van der Waals surface area contributed by atoms with E-state index in [-0.39, 0.29) is 7.43 Å². The summed E-state index contributed by atoms with van der Waals surface area (Å²) >= 11 is 0. The van der Waals surface area contributed by atoms with E-state index < -0.39 is 0 Å². The van der Waals surface area contributed by atoms with Crippen molar-refractivity contribution in [2.45, 2.75) is 13.8 Å². The Bertz CT molecular complexity index is 25.2.